The first-order valence-corrected chi connectivity index (χ1v) is 10.2. The van der Waals surface area contributed by atoms with E-state index >= 15 is 0 Å². The molecule has 10 nitrogen and oxygen atoms in total. The second-order valence-electron chi connectivity index (χ2n) is 6.37. The lowest BCUT2D eigenvalue weighted by Gasteiger charge is -2.08. The van der Waals surface area contributed by atoms with Crippen LogP contribution in [0.3, 0.4) is 0 Å². The number of H-pyrrole nitrogens is 1. The highest BCUT2D eigenvalue weighted by molar-refractivity contribution is 7.16. The first-order valence-electron chi connectivity index (χ1n) is 9.03. The summed E-state index contributed by atoms with van der Waals surface area (Å²) >= 11 is 7.23. The molecule has 0 aliphatic carbocycles. The summed E-state index contributed by atoms with van der Waals surface area (Å²) in [6, 6.07) is 8.12. The van der Waals surface area contributed by atoms with Crippen molar-refractivity contribution >= 4 is 51.2 Å². The van der Waals surface area contributed by atoms with Gasteiger partial charge in [-0.1, -0.05) is 11.6 Å². The molecule has 0 unspecified atom stereocenters. The maximum atomic E-state index is 12.8. The molecule has 1 aromatic carbocycles. The number of anilines is 2. The predicted octanol–water partition coefficient (Wildman–Crippen LogP) is 2.55. The minimum Gasteiger partial charge on any atom is -0.388 e. The summed E-state index contributed by atoms with van der Waals surface area (Å²) in [5.74, 6) is -0.106. The van der Waals surface area contributed by atoms with Gasteiger partial charge in [0.05, 0.1) is 39.9 Å². The van der Waals surface area contributed by atoms with Crippen molar-refractivity contribution in [3.63, 3.8) is 0 Å². The van der Waals surface area contributed by atoms with Crippen molar-refractivity contribution in [1.82, 2.24) is 24.8 Å². The number of thiophene rings is 1. The topological polar surface area (TPSA) is 134 Å². The van der Waals surface area contributed by atoms with Crippen molar-refractivity contribution in [2.75, 3.05) is 17.7 Å². The molecular formula is C19H16ClN7O3S. The molecule has 0 spiro atoms. The fourth-order valence-corrected chi connectivity index (χ4v) is 3.87. The quantitative estimate of drug-likeness (QED) is 0.364. The Hall–Kier alpha value is -3.70. The molecule has 2 amide bonds. The van der Waals surface area contributed by atoms with Crippen LogP contribution in [0.1, 0.15) is 4.88 Å². The number of halogens is 1. The standard InChI is InChI=1S/C19H16ClN7O3S/c1-21-10-2-4-13-14(6-10)26-19(30)27(16(13)28)17-22-7-11(8-23-17)25-18(29)24-9-12-3-5-15(20)31-12/h2-8,21H,9H2,1H3,(H,26,30)(H2,24,25,29). The van der Waals surface area contributed by atoms with E-state index in [9.17, 15) is 14.4 Å². The van der Waals surface area contributed by atoms with Crippen LogP contribution in [-0.4, -0.2) is 32.6 Å². The van der Waals surface area contributed by atoms with E-state index < -0.39 is 17.3 Å². The van der Waals surface area contributed by atoms with Gasteiger partial charge in [-0.3, -0.25) is 4.79 Å². The molecule has 3 aromatic heterocycles. The smallest absolute Gasteiger partial charge is 0.335 e. The zero-order valence-electron chi connectivity index (χ0n) is 16.1. The Labute approximate surface area is 183 Å². The molecule has 0 aliphatic rings. The largest absolute Gasteiger partial charge is 0.388 e. The fraction of sp³-hybridized carbons (Fsp3) is 0.105. The zero-order chi connectivity index (χ0) is 22.0. The van der Waals surface area contributed by atoms with Gasteiger partial charge in [0, 0.05) is 17.6 Å². The SMILES string of the molecule is CNc1ccc2c(=O)n(-c3ncc(NC(=O)NCc4ccc(Cl)s4)cn3)c(=O)[nH]c2c1. The number of amides is 2. The molecule has 0 atom stereocenters. The van der Waals surface area contributed by atoms with Crippen LogP contribution >= 0.6 is 22.9 Å². The number of carbonyl (C=O) groups excluding carboxylic acids is 1. The van der Waals surface area contributed by atoms with Crippen molar-refractivity contribution in [3.05, 3.63) is 72.8 Å². The lowest BCUT2D eigenvalue weighted by atomic mass is 10.2. The van der Waals surface area contributed by atoms with Crippen molar-refractivity contribution in [1.29, 1.82) is 0 Å². The van der Waals surface area contributed by atoms with Gasteiger partial charge in [0.2, 0.25) is 5.95 Å². The molecule has 0 aliphatic heterocycles. The zero-order valence-corrected chi connectivity index (χ0v) is 17.7. The van der Waals surface area contributed by atoms with Crippen LogP contribution < -0.4 is 27.2 Å². The fourth-order valence-electron chi connectivity index (χ4n) is 2.85. The van der Waals surface area contributed by atoms with Crippen molar-refractivity contribution in [2.45, 2.75) is 6.54 Å². The lowest BCUT2D eigenvalue weighted by molar-refractivity contribution is 0.252. The second kappa shape index (κ2) is 8.58. The Morgan fingerprint density at radius 2 is 1.94 bits per heavy atom. The summed E-state index contributed by atoms with van der Waals surface area (Å²) in [5.41, 5.74) is 0.246. The molecule has 4 aromatic rings. The number of nitrogens with zero attached hydrogens (tertiary/aromatic N) is 3. The maximum absolute atomic E-state index is 12.8. The van der Waals surface area contributed by atoms with E-state index in [0.717, 1.165) is 15.1 Å². The lowest BCUT2D eigenvalue weighted by Crippen LogP contribution is -2.35. The number of nitrogens with one attached hydrogen (secondary N) is 4. The molecule has 0 radical (unpaired) electrons. The number of hydrogen-bond acceptors (Lipinski definition) is 7. The van der Waals surface area contributed by atoms with Gasteiger partial charge >= 0.3 is 11.7 Å². The molecule has 0 saturated heterocycles. The third-order valence-electron chi connectivity index (χ3n) is 4.33. The summed E-state index contributed by atoms with van der Waals surface area (Å²) in [6.07, 6.45) is 2.62. The van der Waals surface area contributed by atoms with Gasteiger partial charge in [0.1, 0.15) is 0 Å². The minimum absolute atomic E-state index is 0.106. The molecule has 158 valence electrons. The average Bonchev–Trinajstić information content (AvgIpc) is 3.18. The van der Waals surface area contributed by atoms with E-state index in [1.807, 2.05) is 6.07 Å². The second-order valence-corrected chi connectivity index (χ2v) is 8.17. The minimum atomic E-state index is -0.668. The van der Waals surface area contributed by atoms with Gasteiger partial charge in [-0.15, -0.1) is 11.3 Å². The van der Waals surface area contributed by atoms with Gasteiger partial charge in [0.25, 0.3) is 5.56 Å². The number of aromatic nitrogens is 4. The monoisotopic (exact) mass is 457 g/mol. The first kappa shape index (κ1) is 20.6. The maximum Gasteiger partial charge on any atom is 0.335 e. The first-order chi connectivity index (χ1) is 14.9. The highest BCUT2D eigenvalue weighted by Crippen LogP contribution is 2.21. The number of carbonyl (C=O) groups is 1. The number of hydrogen-bond donors (Lipinski definition) is 4. The van der Waals surface area contributed by atoms with Gasteiger partial charge in [-0.25, -0.2) is 19.6 Å². The Morgan fingerprint density at radius 3 is 2.61 bits per heavy atom. The van der Waals surface area contributed by atoms with E-state index in [2.05, 4.69) is 30.9 Å². The van der Waals surface area contributed by atoms with Crippen LogP contribution in [0.2, 0.25) is 4.34 Å². The Bertz CT molecular complexity index is 1380. The normalized spacial score (nSPS) is 10.8. The molecular weight excluding hydrogens is 442 g/mol. The highest BCUT2D eigenvalue weighted by atomic mass is 35.5. The Kier molecular flexibility index (Phi) is 5.69. The number of fused-ring (bicyclic) bond motifs is 1. The van der Waals surface area contributed by atoms with Crippen molar-refractivity contribution < 1.29 is 4.79 Å². The Balaban J connectivity index is 1.52. The molecule has 3 heterocycles. The predicted molar refractivity (Wildman–Crippen MR) is 120 cm³/mol. The third kappa shape index (κ3) is 4.42. The average molecular weight is 458 g/mol. The van der Waals surface area contributed by atoms with E-state index in [-0.39, 0.29) is 5.95 Å². The molecule has 31 heavy (non-hydrogen) atoms. The summed E-state index contributed by atoms with van der Waals surface area (Å²) in [7, 11) is 1.74. The van der Waals surface area contributed by atoms with Gasteiger partial charge in [-0.05, 0) is 30.3 Å². The van der Waals surface area contributed by atoms with Crippen molar-refractivity contribution in [3.8, 4) is 5.95 Å². The van der Waals surface area contributed by atoms with Crippen LogP contribution in [0, 0.1) is 0 Å². The molecule has 4 N–H and O–H groups in total. The Morgan fingerprint density at radius 1 is 1.16 bits per heavy atom. The highest BCUT2D eigenvalue weighted by Gasteiger charge is 2.13. The number of urea groups is 1. The van der Waals surface area contributed by atoms with Crippen LogP contribution in [0.5, 0.6) is 0 Å². The van der Waals surface area contributed by atoms with E-state index in [1.54, 1.807) is 31.3 Å². The van der Waals surface area contributed by atoms with Crippen molar-refractivity contribution in [2.24, 2.45) is 0 Å². The number of aromatic amines is 1. The summed E-state index contributed by atoms with van der Waals surface area (Å²) in [4.78, 5) is 48.9. The van der Waals surface area contributed by atoms with Gasteiger partial charge in [0.15, 0.2) is 0 Å². The summed E-state index contributed by atoms with van der Waals surface area (Å²) in [6.45, 7) is 0.319. The molecule has 12 heteroatoms. The summed E-state index contributed by atoms with van der Waals surface area (Å²) in [5, 5.41) is 8.53. The van der Waals surface area contributed by atoms with E-state index in [1.165, 1.54) is 23.7 Å². The van der Waals surface area contributed by atoms with Crippen LogP contribution in [-0.2, 0) is 6.54 Å². The molecule has 4 rings (SSSR count). The van der Waals surface area contributed by atoms with Gasteiger partial charge < -0.3 is 20.9 Å². The van der Waals surface area contributed by atoms with E-state index in [4.69, 9.17) is 11.6 Å². The van der Waals surface area contributed by atoms with Crippen LogP contribution in [0.4, 0.5) is 16.2 Å². The van der Waals surface area contributed by atoms with E-state index in [0.29, 0.717) is 27.5 Å². The molecule has 0 saturated carbocycles. The number of rotatable bonds is 5. The van der Waals surface area contributed by atoms with Gasteiger partial charge in [-0.2, -0.15) is 4.57 Å². The third-order valence-corrected chi connectivity index (χ3v) is 5.57. The van der Waals surface area contributed by atoms with Crippen LogP contribution in [0.25, 0.3) is 16.9 Å². The number of benzene rings is 1. The summed E-state index contributed by atoms with van der Waals surface area (Å²) < 4.78 is 1.48. The van der Waals surface area contributed by atoms with Crippen LogP contribution in [0.15, 0.2) is 52.3 Å². The molecule has 0 fully saturated rings. The molecule has 0 bridgehead atoms.